The van der Waals surface area contributed by atoms with Crippen LogP contribution in [0.3, 0.4) is 0 Å². The van der Waals surface area contributed by atoms with E-state index in [9.17, 15) is 4.79 Å². The van der Waals surface area contributed by atoms with Crippen molar-refractivity contribution in [1.29, 1.82) is 0 Å². The molecule has 0 bridgehead atoms. The molecule has 0 aliphatic rings. The number of thioether (sulfide) groups is 1. The summed E-state index contributed by atoms with van der Waals surface area (Å²) in [6, 6.07) is -0.275. The van der Waals surface area contributed by atoms with Crippen LogP contribution in [0.5, 0.6) is 0 Å². The van der Waals surface area contributed by atoms with Crippen LogP contribution in [0.2, 0.25) is 0 Å². The highest BCUT2D eigenvalue weighted by molar-refractivity contribution is 7.98. The number of primary amides is 1. The fourth-order valence-corrected chi connectivity index (χ4v) is 1.52. The minimum absolute atomic E-state index is 0.275. The molecule has 6 nitrogen and oxygen atoms in total. The molecule has 0 radical (unpaired) electrons. The maximum atomic E-state index is 11.0. The van der Waals surface area contributed by atoms with Crippen LogP contribution in [-0.4, -0.2) is 37.0 Å². The Balaban J connectivity index is 3.66. The van der Waals surface area contributed by atoms with Gasteiger partial charge in [-0.3, -0.25) is 4.79 Å². The molecule has 0 aliphatic heterocycles. The van der Waals surface area contributed by atoms with Crippen molar-refractivity contribution in [2.24, 2.45) is 10.8 Å². The Morgan fingerprint density at radius 2 is 2.47 bits per heavy atom. The predicted octanol–water partition coefficient (Wildman–Crippen LogP) is 0.883. The molecular weight excluding hydrogens is 214 g/mol. The first kappa shape index (κ1) is 14.1. The van der Waals surface area contributed by atoms with E-state index in [1.54, 1.807) is 11.8 Å². The van der Waals surface area contributed by atoms with E-state index in [1.165, 1.54) is 0 Å². The smallest absolute Gasteiger partial charge is 0.234 e. The Labute approximate surface area is 93.6 Å². The summed E-state index contributed by atoms with van der Waals surface area (Å²) in [6.07, 6.45) is 3.44. The Hall–Kier alpha value is -0.910. The molecule has 0 aliphatic carbocycles. The molecule has 7 heteroatoms. The molecule has 0 aromatic heterocycles. The van der Waals surface area contributed by atoms with Crippen LogP contribution >= 0.6 is 11.8 Å². The molecule has 3 N–H and O–H groups in total. The number of hydrogen-bond acceptors (Lipinski definition) is 4. The van der Waals surface area contributed by atoms with Gasteiger partial charge in [-0.1, -0.05) is 5.11 Å². The lowest BCUT2D eigenvalue weighted by molar-refractivity contribution is -0.120. The second-order valence-corrected chi connectivity index (χ2v) is 3.98. The topological polar surface area (TPSA) is 104 Å². The molecule has 0 heterocycles. The summed E-state index contributed by atoms with van der Waals surface area (Å²) in [6.45, 7) is 1.08. The van der Waals surface area contributed by atoms with Crippen molar-refractivity contribution in [3.8, 4) is 0 Å². The highest BCUT2D eigenvalue weighted by Crippen LogP contribution is 2.00. The number of nitrogens with zero attached hydrogens (tertiary/aromatic N) is 3. The number of nitrogens with one attached hydrogen (secondary N) is 1. The second kappa shape index (κ2) is 9.64. The van der Waals surface area contributed by atoms with E-state index >= 15 is 0 Å². The standard InChI is InChI=1S/C8H17N5OS/c1-15-6-3-7(8(9)14)11-4-2-5-12-13-10/h7,11H,2-6H2,1H3,(H2,9,14). The molecule has 0 saturated carbocycles. The highest BCUT2D eigenvalue weighted by Gasteiger charge is 2.12. The van der Waals surface area contributed by atoms with Crippen molar-refractivity contribution in [3.05, 3.63) is 10.4 Å². The number of amides is 1. The molecule has 0 saturated heterocycles. The molecule has 0 fully saturated rings. The van der Waals surface area contributed by atoms with Gasteiger partial charge in [0, 0.05) is 11.5 Å². The lowest BCUT2D eigenvalue weighted by Gasteiger charge is -2.14. The van der Waals surface area contributed by atoms with Crippen LogP contribution in [0.4, 0.5) is 0 Å². The third-order valence-corrected chi connectivity index (χ3v) is 2.49. The van der Waals surface area contributed by atoms with Crippen LogP contribution in [-0.2, 0) is 4.79 Å². The van der Waals surface area contributed by atoms with Crippen molar-refractivity contribution in [2.45, 2.75) is 18.9 Å². The molecule has 0 spiro atoms. The average Bonchev–Trinajstić information content (AvgIpc) is 2.21. The van der Waals surface area contributed by atoms with E-state index in [1.807, 2.05) is 6.26 Å². The van der Waals surface area contributed by atoms with E-state index in [-0.39, 0.29) is 11.9 Å². The fourth-order valence-electron chi connectivity index (χ4n) is 1.05. The summed E-state index contributed by atoms with van der Waals surface area (Å²) in [7, 11) is 0. The summed E-state index contributed by atoms with van der Waals surface area (Å²) in [5.74, 6) is 0.574. The molecular formula is C8H17N5OS. The summed E-state index contributed by atoms with van der Waals surface area (Å²) in [4.78, 5) is 13.6. The molecule has 0 rings (SSSR count). The number of nitrogens with two attached hydrogens (primary N) is 1. The van der Waals surface area contributed by atoms with Gasteiger partial charge in [0.15, 0.2) is 0 Å². The Morgan fingerprint density at radius 1 is 1.73 bits per heavy atom. The molecule has 1 amide bonds. The molecule has 1 atom stereocenters. The predicted molar refractivity (Wildman–Crippen MR) is 62.6 cm³/mol. The Kier molecular flexibility index (Phi) is 9.05. The quantitative estimate of drug-likeness (QED) is 0.266. The van der Waals surface area contributed by atoms with Crippen LogP contribution in [0, 0.1) is 0 Å². The van der Waals surface area contributed by atoms with E-state index in [2.05, 4.69) is 15.3 Å². The van der Waals surface area contributed by atoms with E-state index < -0.39 is 0 Å². The Morgan fingerprint density at radius 3 is 3.00 bits per heavy atom. The van der Waals surface area contributed by atoms with Gasteiger partial charge in [0.2, 0.25) is 5.91 Å². The number of hydrogen-bond donors (Lipinski definition) is 2. The lowest BCUT2D eigenvalue weighted by Crippen LogP contribution is -2.42. The van der Waals surface area contributed by atoms with Crippen LogP contribution in [0.25, 0.3) is 10.4 Å². The van der Waals surface area contributed by atoms with E-state index in [0.29, 0.717) is 19.5 Å². The van der Waals surface area contributed by atoms with Crippen molar-refractivity contribution >= 4 is 17.7 Å². The minimum atomic E-state index is -0.326. The maximum Gasteiger partial charge on any atom is 0.234 e. The third kappa shape index (κ3) is 8.11. The molecule has 0 aromatic rings. The van der Waals surface area contributed by atoms with Gasteiger partial charge in [-0.15, -0.1) is 0 Å². The lowest BCUT2D eigenvalue weighted by atomic mass is 10.2. The van der Waals surface area contributed by atoms with Gasteiger partial charge in [-0.25, -0.2) is 0 Å². The number of carbonyl (C=O) groups excluding carboxylic acids is 1. The number of carbonyl (C=O) groups is 1. The molecule has 1 unspecified atom stereocenters. The zero-order valence-corrected chi connectivity index (χ0v) is 9.66. The summed E-state index contributed by atoms with van der Waals surface area (Å²) >= 11 is 1.68. The Bertz CT molecular complexity index is 229. The maximum absolute atomic E-state index is 11.0. The van der Waals surface area contributed by atoms with Gasteiger partial charge in [0.1, 0.15) is 0 Å². The fraction of sp³-hybridized carbons (Fsp3) is 0.875. The van der Waals surface area contributed by atoms with Gasteiger partial charge >= 0.3 is 0 Å². The van der Waals surface area contributed by atoms with Crippen molar-refractivity contribution in [1.82, 2.24) is 5.32 Å². The molecule has 15 heavy (non-hydrogen) atoms. The highest BCUT2D eigenvalue weighted by atomic mass is 32.2. The zero-order valence-electron chi connectivity index (χ0n) is 8.85. The molecule has 0 aromatic carbocycles. The van der Waals surface area contributed by atoms with Crippen LogP contribution in [0.15, 0.2) is 5.11 Å². The van der Waals surface area contributed by atoms with Gasteiger partial charge in [-0.05, 0) is 36.9 Å². The van der Waals surface area contributed by atoms with Crippen LogP contribution in [0.1, 0.15) is 12.8 Å². The normalized spacial score (nSPS) is 11.8. The average molecular weight is 231 g/mol. The monoisotopic (exact) mass is 231 g/mol. The molecule has 86 valence electrons. The van der Waals surface area contributed by atoms with Gasteiger partial charge in [0.25, 0.3) is 0 Å². The number of rotatable bonds is 9. The second-order valence-electron chi connectivity index (χ2n) is 3.00. The van der Waals surface area contributed by atoms with Crippen molar-refractivity contribution in [2.75, 3.05) is 25.1 Å². The number of azide groups is 1. The summed E-state index contributed by atoms with van der Waals surface area (Å²) < 4.78 is 0. The van der Waals surface area contributed by atoms with Gasteiger partial charge in [-0.2, -0.15) is 11.8 Å². The van der Waals surface area contributed by atoms with E-state index in [0.717, 1.165) is 12.2 Å². The summed E-state index contributed by atoms with van der Waals surface area (Å²) in [5.41, 5.74) is 13.3. The third-order valence-electron chi connectivity index (χ3n) is 1.84. The van der Waals surface area contributed by atoms with E-state index in [4.69, 9.17) is 11.3 Å². The van der Waals surface area contributed by atoms with Gasteiger partial charge < -0.3 is 11.1 Å². The van der Waals surface area contributed by atoms with Gasteiger partial charge in [0.05, 0.1) is 6.04 Å². The first-order valence-electron chi connectivity index (χ1n) is 4.75. The van der Waals surface area contributed by atoms with Crippen molar-refractivity contribution in [3.63, 3.8) is 0 Å². The zero-order chi connectivity index (χ0) is 11.5. The van der Waals surface area contributed by atoms with Crippen molar-refractivity contribution < 1.29 is 4.79 Å². The first-order chi connectivity index (χ1) is 7.22. The van der Waals surface area contributed by atoms with Crippen LogP contribution < -0.4 is 11.1 Å². The first-order valence-corrected chi connectivity index (χ1v) is 6.14. The minimum Gasteiger partial charge on any atom is -0.368 e. The summed E-state index contributed by atoms with van der Waals surface area (Å²) in [5, 5.41) is 6.44. The SMILES string of the molecule is CSCCC(NCCCN=[N+]=[N-])C(N)=O. The largest absolute Gasteiger partial charge is 0.368 e.